The van der Waals surface area contributed by atoms with Crippen molar-refractivity contribution in [3.8, 4) is 0 Å². The number of anilines is 2. The number of benzene rings is 1. The van der Waals surface area contributed by atoms with Crippen LogP contribution in [-0.2, 0) is 20.9 Å². The molecule has 0 aliphatic heterocycles. The second kappa shape index (κ2) is 9.15. The number of nitrogens with zero attached hydrogens (tertiary/aromatic N) is 2. The fourth-order valence-corrected chi connectivity index (χ4v) is 4.59. The fraction of sp³-hybridized carbons (Fsp3) is 0.227. The Bertz CT molecular complexity index is 1030. The molecule has 2 heterocycles. The molecular formula is C22H22N2O3S2. The van der Waals surface area contributed by atoms with Crippen molar-refractivity contribution in [1.82, 2.24) is 4.98 Å². The van der Waals surface area contributed by atoms with Crippen LogP contribution in [0.25, 0.3) is 6.08 Å². The van der Waals surface area contributed by atoms with Crippen molar-refractivity contribution < 1.29 is 14.3 Å². The van der Waals surface area contributed by atoms with Crippen LogP contribution in [0.2, 0.25) is 0 Å². The van der Waals surface area contributed by atoms with Crippen molar-refractivity contribution in [2.45, 2.75) is 34.3 Å². The summed E-state index contributed by atoms with van der Waals surface area (Å²) in [7, 11) is 0. The molecule has 0 fully saturated rings. The van der Waals surface area contributed by atoms with Crippen molar-refractivity contribution in [3.63, 3.8) is 0 Å². The minimum absolute atomic E-state index is 0.0565. The van der Waals surface area contributed by atoms with Gasteiger partial charge in [-0.3, -0.25) is 9.69 Å². The molecule has 0 unspecified atom stereocenters. The molecule has 0 saturated heterocycles. The van der Waals surface area contributed by atoms with Gasteiger partial charge in [-0.15, -0.1) is 11.3 Å². The Kier molecular flexibility index (Phi) is 6.61. The second-order valence-corrected chi connectivity index (χ2v) is 8.34. The summed E-state index contributed by atoms with van der Waals surface area (Å²) in [5, 5.41) is 6.26. The van der Waals surface area contributed by atoms with Crippen LogP contribution in [-0.4, -0.2) is 16.9 Å². The smallest absolute Gasteiger partial charge is 0.331 e. The molecule has 3 rings (SSSR count). The lowest BCUT2D eigenvalue weighted by Crippen LogP contribution is -2.24. The number of esters is 1. The fourth-order valence-electron chi connectivity index (χ4n) is 3.11. The van der Waals surface area contributed by atoms with E-state index in [1.165, 1.54) is 24.3 Å². The zero-order valence-corrected chi connectivity index (χ0v) is 18.4. The number of hydrogen-bond acceptors (Lipinski definition) is 6. The largest absolute Gasteiger partial charge is 0.456 e. The first-order valence-electron chi connectivity index (χ1n) is 9.05. The Morgan fingerprint density at radius 1 is 1.17 bits per heavy atom. The van der Waals surface area contributed by atoms with Gasteiger partial charge in [0.15, 0.2) is 5.13 Å². The van der Waals surface area contributed by atoms with Crippen molar-refractivity contribution >= 4 is 51.4 Å². The predicted molar refractivity (Wildman–Crippen MR) is 119 cm³/mol. The van der Waals surface area contributed by atoms with E-state index in [-0.39, 0.29) is 12.5 Å². The third kappa shape index (κ3) is 5.19. The van der Waals surface area contributed by atoms with Crippen molar-refractivity contribution in [1.29, 1.82) is 0 Å². The monoisotopic (exact) mass is 426 g/mol. The Labute approximate surface area is 178 Å². The molecule has 0 aliphatic rings. The first-order chi connectivity index (χ1) is 13.8. The van der Waals surface area contributed by atoms with Gasteiger partial charge in [0.25, 0.3) is 0 Å². The molecule has 0 bridgehead atoms. The normalized spacial score (nSPS) is 11.0. The van der Waals surface area contributed by atoms with Gasteiger partial charge in [0.1, 0.15) is 6.61 Å². The standard InChI is InChI=1S/C22H22N2O3S2/c1-14-9-15(2)21(16(3)10-14)24(17(4)25)22-23-19(13-29-22)11-27-20(26)6-5-18-7-8-28-12-18/h5-10,12-13H,11H2,1-4H3/b6-5+. The minimum atomic E-state index is -0.431. The number of ether oxygens (including phenoxy) is 1. The Morgan fingerprint density at radius 3 is 2.52 bits per heavy atom. The van der Waals surface area contributed by atoms with Crippen LogP contribution in [0.4, 0.5) is 10.8 Å². The molecule has 1 aromatic carbocycles. The molecule has 3 aromatic rings. The summed E-state index contributed by atoms with van der Waals surface area (Å²) >= 11 is 2.92. The molecule has 0 aliphatic carbocycles. The van der Waals surface area contributed by atoms with Crippen LogP contribution in [0.5, 0.6) is 0 Å². The molecule has 2 aromatic heterocycles. The maximum Gasteiger partial charge on any atom is 0.331 e. The topological polar surface area (TPSA) is 59.5 Å². The highest BCUT2D eigenvalue weighted by Crippen LogP contribution is 2.34. The van der Waals surface area contributed by atoms with E-state index >= 15 is 0 Å². The van der Waals surface area contributed by atoms with E-state index in [1.54, 1.807) is 27.7 Å². The minimum Gasteiger partial charge on any atom is -0.456 e. The second-order valence-electron chi connectivity index (χ2n) is 6.72. The molecule has 0 radical (unpaired) electrons. The molecule has 5 nitrogen and oxygen atoms in total. The number of carbonyl (C=O) groups is 2. The first kappa shape index (κ1) is 21.0. The van der Waals surface area contributed by atoms with Crippen molar-refractivity contribution in [2.75, 3.05) is 4.90 Å². The summed E-state index contributed by atoms with van der Waals surface area (Å²) in [5.74, 6) is -0.545. The lowest BCUT2D eigenvalue weighted by Gasteiger charge is -2.23. The van der Waals surface area contributed by atoms with Crippen LogP contribution in [0, 0.1) is 20.8 Å². The molecule has 29 heavy (non-hydrogen) atoms. The average Bonchev–Trinajstić information content (AvgIpc) is 3.32. The van der Waals surface area contributed by atoms with Crippen LogP contribution < -0.4 is 4.90 Å². The van der Waals surface area contributed by atoms with Crippen molar-refractivity contribution in [2.24, 2.45) is 0 Å². The summed E-state index contributed by atoms with van der Waals surface area (Å²) in [4.78, 5) is 30.5. The molecule has 1 amide bonds. The molecule has 7 heteroatoms. The zero-order valence-electron chi connectivity index (χ0n) is 16.8. The van der Waals surface area contributed by atoms with Gasteiger partial charge in [-0.25, -0.2) is 9.78 Å². The van der Waals surface area contributed by atoms with Gasteiger partial charge in [0.05, 0.1) is 11.4 Å². The molecule has 0 spiro atoms. The van der Waals surface area contributed by atoms with Gasteiger partial charge in [-0.1, -0.05) is 17.7 Å². The number of hydrogen-bond donors (Lipinski definition) is 0. The number of thiazole rings is 1. The third-order valence-corrected chi connectivity index (χ3v) is 5.80. The van der Waals surface area contributed by atoms with Gasteiger partial charge in [-0.2, -0.15) is 11.3 Å². The molecule has 0 atom stereocenters. The van der Waals surface area contributed by atoms with Gasteiger partial charge < -0.3 is 4.74 Å². The Balaban J connectivity index is 1.73. The van der Waals surface area contributed by atoms with Gasteiger partial charge in [-0.05, 0) is 60.4 Å². The van der Waals surface area contributed by atoms with Crippen LogP contribution in [0.3, 0.4) is 0 Å². The van der Waals surface area contributed by atoms with Crippen LogP contribution >= 0.6 is 22.7 Å². The van der Waals surface area contributed by atoms with E-state index in [9.17, 15) is 9.59 Å². The van der Waals surface area contributed by atoms with Crippen molar-refractivity contribution in [3.05, 3.63) is 68.4 Å². The van der Waals surface area contributed by atoms with E-state index < -0.39 is 5.97 Å². The Morgan fingerprint density at radius 2 is 1.90 bits per heavy atom. The predicted octanol–water partition coefficient (Wildman–Crippen LogP) is 5.57. The molecule has 150 valence electrons. The number of rotatable bonds is 6. The van der Waals surface area contributed by atoms with E-state index in [2.05, 4.69) is 4.98 Å². The number of amides is 1. The van der Waals surface area contributed by atoms with Crippen LogP contribution in [0.1, 0.15) is 34.9 Å². The Hall–Kier alpha value is -2.77. The average molecular weight is 427 g/mol. The van der Waals surface area contributed by atoms with E-state index in [0.29, 0.717) is 10.8 Å². The quantitative estimate of drug-likeness (QED) is 0.382. The molecular weight excluding hydrogens is 404 g/mol. The zero-order chi connectivity index (χ0) is 21.0. The van der Waals surface area contributed by atoms with E-state index in [4.69, 9.17) is 4.74 Å². The summed E-state index contributed by atoms with van der Waals surface area (Å²) in [6, 6.07) is 6.02. The summed E-state index contributed by atoms with van der Waals surface area (Å²) in [6.07, 6.45) is 3.11. The lowest BCUT2D eigenvalue weighted by atomic mass is 10.0. The van der Waals surface area contributed by atoms with Gasteiger partial charge >= 0.3 is 5.97 Å². The lowest BCUT2D eigenvalue weighted by molar-refractivity contribution is -0.139. The first-order valence-corrected chi connectivity index (χ1v) is 10.9. The highest BCUT2D eigenvalue weighted by atomic mass is 32.1. The number of aryl methyl sites for hydroxylation is 3. The van der Waals surface area contributed by atoms with Gasteiger partial charge in [0, 0.05) is 18.4 Å². The molecule has 0 N–H and O–H groups in total. The molecule has 0 saturated carbocycles. The summed E-state index contributed by atoms with van der Waals surface area (Å²) < 4.78 is 5.27. The number of thiophene rings is 1. The number of aromatic nitrogens is 1. The van der Waals surface area contributed by atoms with Crippen LogP contribution in [0.15, 0.2) is 40.4 Å². The van der Waals surface area contributed by atoms with E-state index in [1.807, 2.05) is 49.7 Å². The maximum atomic E-state index is 12.4. The SMILES string of the molecule is CC(=O)N(c1nc(COC(=O)/C=C/c2ccsc2)cs1)c1c(C)cc(C)cc1C. The summed E-state index contributed by atoms with van der Waals surface area (Å²) in [5.41, 5.74) is 5.59. The highest BCUT2D eigenvalue weighted by Gasteiger charge is 2.22. The maximum absolute atomic E-state index is 12.4. The van der Waals surface area contributed by atoms with E-state index in [0.717, 1.165) is 27.9 Å². The summed E-state index contributed by atoms with van der Waals surface area (Å²) in [6.45, 7) is 7.59. The third-order valence-electron chi connectivity index (χ3n) is 4.22. The highest BCUT2D eigenvalue weighted by molar-refractivity contribution is 7.14. The van der Waals surface area contributed by atoms with Gasteiger partial charge in [0.2, 0.25) is 5.91 Å². The number of carbonyl (C=O) groups excluding carboxylic acids is 2.